The second-order valence-electron chi connectivity index (χ2n) is 5.15. The van der Waals surface area contributed by atoms with Crippen LogP contribution in [0.25, 0.3) is 0 Å². The molecule has 0 aliphatic heterocycles. The molecule has 1 aliphatic carbocycles. The van der Waals surface area contributed by atoms with Crippen molar-refractivity contribution in [3.8, 4) is 11.5 Å². The number of benzene rings is 1. The lowest BCUT2D eigenvalue weighted by atomic mass is 10.1. The Morgan fingerprint density at radius 3 is 2.82 bits per heavy atom. The standard InChI is InChI=1S/C14H21NO2/c1-3-17-13-8-11(4-5-12(13)16)9-15-10-14(2)6-7-14/h4-5,8,15-16H,3,6-7,9-10H2,1-2H3. The lowest BCUT2D eigenvalue weighted by Crippen LogP contribution is -2.21. The first kappa shape index (κ1) is 12.2. The molecule has 0 bridgehead atoms. The van der Waals surface area contributed by atoms with E-state index >= 15 is 0 Å². The predicted octanol–water partition coefficient (Wildman–Crippen LogP) is 2.68. The van der Waals surface area contributed by atoms with Gasteiger partial charge in [-0.25, -0.2) is 0 Å². The second-order valence-corrected chi connectivity index (χ2v) is 5.15. The van der Waals surface area contributed by atoms with Crippen LogP contribution in [-0.4, -0.2) is 18.3 Å². The van der Waals surface area contributed by atoms with Crippen molar-refractivity contribution in [2.75, 3.05) is 13.2 Å². The van der Waals surface area contributed by atoms with Crippen LogP contribution in [0.1, 0.15) is 32.3 Å². The number of hydrogen-bond donors (Lipinski definition) is 2. The molecule has 1 saturated carbocycles. The summed E-state index contributed by atoms with van der Waals surface area (Å²) in [7, 11) is 0. The molecule has 1 fully saturated rings. The molecule has 0 aromatic heterocycles. The number of phenols is 1. The van der Waals surface area contributed by atoms with Gasteiger partial charge in [0.25, 0.3) is 0 Å². The average molecular weight is 235 g/mol. The van der Waals surface area contributed by atoms with E-state index in [-0.39, 0.29) is 5.75 Å². The van der Waals surface area contributed by atoms with E-state index in [1.54, 1.807) is 6.07 Å². The van der Waals surface area contributed by atoms with Gasteiger partial charge >= 0.3 is 0 Å². The van der Waals surface area contributed by atoms with E-state index in [4.69, 9.17) is 4.74 Å². The molecule has 94 valence electrons. The Kier molecular flexibility index (Phi) is 3.57. The molecular formula is C14H21NO2. The van der Waals surface area contributed by atoms with Crippen molar-refractivity contribution in [1.82, 2.24) is 5.32 Å². The van der Waals surface area contributed by atoms with Crippen LogP contribution in [0.4, 0.5) is 0 Å². The summed E-state index contributed by atoms with van der Waals surface area (Å²) in [4.78, 5) is 0. The van der Waals surface area contributed by atoms with E-state index in [1.165, 1.54) is 12.8 Å². The topological polar surface area (TPSA) is 41.5 Å². The molecule has 1 aliphatic rings. The number of aromatic hydroxyl groups is 1. The lowest BCUT2D eigenvalue weighted by Gasteiger charge is -2.11. The van der Waals surface area contributed by atoms with Crippen molar-refractivity contribution in [3.63, 3.8) is 0 Å². The smallest absolute Gasteiger partial charge is 0.161 e. The van der Waals surface area contributed by atoms with Gasteiger partial charge in [0.05, 0.1) is 6.61 Å². The van der Waals surface area contributed by atoms with Crippen molar-refractivity contribution < 1.29 is 9.84 Å². The van der Waals surface area contributed by atoms with E-state index in [0.29, 0.717) is 17.8 Å². The van der Waals surface area contributed by atoms with Crippen LogP contribution in [0, 0.1) is 5.41 Å². The van der Waals surface area contributed by atoms with E-state index in [0.717, 1.165) is 18.7 Å². The Bertz CT molecular complexity index is 386. The summed E-state index contributed by atoms with van der Waals surface area (Å²) in [6.07, 6.45) is 2.67. The first-order chi connectivity index (χ1) is 8.13. The summed E-state index contributed by atoms with van der Waals surface area (Å²) in [5.74, 6) is 0.786. The molecule has 0 heterocycles. The Balaban J connectivity index is 1.89. The highest BCUT2D eigenvalue weighted by Gasteiger charge is 2.36. The third kappa shape index (κ3) is 3.37. The number of phenolic OH excluding ortho intramolecular Hbond substituents is 1. The first-order valence-corrected chi connectivity index (χ1v) is 6.28. The highest BCUT2D eigenvalue weighted by molar-refractivity contribution is 5.41. The van der Waals surface area contributed by atoms with Gasteiger partial charge in [-0.15, -0.1) is 0 Å². The zero-order valence-electron chi connectivity index (χ0n) is 10.6. The number of ether oxygens (including phenoxy) is 1. The van der Waals surface area contributed by atoms with Crippen LogP contribution in [0.2, 0.25) is 0 Å². The molecule has 0 saturated heterocycles. The summed E-state index contributed by atoms with van der Waals surface area (Å²) >= 11 is 0. The maximum atomic E-state index is 9.59. The maximum Gasteiger partial charge on any atom is 0.161 e. The van der Waals surface area contributed by atoms with Crippen LogP contribution in [-0.2, 0) is 6.54 Å². The van der Waals surface area contributed by atoms with Crippen molar-refractivity contribution in [1.29, 1.82) is 0 Å². The number of hydrogen-bond acceptors (Lipinski definition) is 3. The van der Waals surface area contributed by atoms with Crippen molar-refractivity contribution in [2.24, 2.45) is 5.41 Å². The fraction of sp³-hybridized carbons (Fsp3) is 0.571. The Morgan fingerprint density at radius 2 is 2.18 bits per heavy atom. The molecule has 2 N–H and O–H groups in total. The van der Waals surface area contributed by atoms with E-state index in [2.05, 4.69) is 12.2 Å². The van der Waals surface area contributed by atoms with Crippen LogP contribution < -0.4 is 10.1 Å². The molecule has 0 radical (unpaired) electrons. The minimum atomic E-state index is 0.213. The van der Waals surface area contributed by atoms with Crippen LogP contribution in [0.15, 0.2) is 18.2 Å². The SMILES string of the molecule is CCOc1cc(CNCC2(C)CC2)ccc1O. The van der Waals surface area contributed by atoms with Crippen molar-refractivity contribution >= 4 is 0 Å². The minimum Gasteiger partial charge on any atom is -0.504 e. The van der Waals surface area contributed by atoms with Crippen molar-refractivity contribution in [2.45, 2.75) is 33.2 Å². The molecule has 1 aromatic rings. The van der Waals surface area contributed by atoms with Gasteiger partial charge in [0.1, 0.15) is 0 Å². The van der Waals surface area contributed by atoms with Gasteiger partial charge in [-0.3, -0.25) is 0 Å². The van der Waals surface area contributed by atoms with Gasteiger partial charge in [0.15, 0.2) is 11.5 Å². The number of nitrogens with one attached hydrogen (secondary N) is 1. The van der Waals surface area contributed by atoms with Gasteiger partial charge < -0.3 is 15.2 Å². The van der Waals surface area contributed by atoms with Gasteiger partial charge in [-0.1, -0.05) is 13.0 Å². The van der Waals surface area contributed by atoms with Gasteiger partial charge in [-0.2, -0.15) is 0 Å². The Morgan fingerprint density at radius 1 is 1.41 bits per heavy atom. The molecule has 1 aromatic carbocycles. The van der Waals surface area contributed by atoms with Crippen LogP contribution in [0.5, 0.6) is 11.5 Å². The summed E-state index contributed by atoms with van der Waals surface area (Å²) < 4.78 is 5.36. The van der Waals surface area contributed by atoms with E-state index < -0.39 is 0 Å². The molecule has 0 atom stereocenters. The predicted molar refractivity (Wildman–Crippen MR) is 68.3 cm³/mol. The van der Waals surface area contributed by atoms with E-state index in [9.17, 15) is 5.11 Å². The highest BCUT2D eigenvalue weighted by Crippen LogP contribution is 2.44. The zero-order valence-corrected chi connectivity index (χ0v) is 10.6. The average Bonchev–Trinajstić information content (AvgIpc) is 3.02. The molecule has 0 amide bonds. The molecule has 3 nitrogen and oxygen atoms in total. The largest absolute Gasteiger partial charge is 0.504 e. The van der Waals surface area contributed by atoms with Gasteiger partial charge in [0, 0.05) is 13.1 Å². The molecule has 0 unspecified atom stereocenters. The first-order valence-electron chi connectivity index (χ1n) is 6.28. The monoisotopic (exact) mass is 235 g/mol. The third-order valence-electron chi connectivity index (χ3n) is 3.31. The molecule has 3 heteroatoms. The minimum absolute atomic E-state index is 0.213. The molecule has 17 heavy (non-hydrogen) atoms. The quantitative estimate of drug-likeness (QED) is 0.796. The summed E-state index contributed by atoms with van der Waals surface area (Å²) in [6, 6.07) is 5.53. The van der Waals surface area contributed by atoms with E-state index in [1.807, 2.05) is 19.1 Å². The fourth-order valence-corrected chi connectivity index (χ4v) is 1.84. The third-order valence-corrected chi connectivity index (χ3v) is 3.31. The normalized spacial score (nSPS) is 16.8. The molecule has 0 spiro atoms. The number of rotatable bonds is 6. The fourth-order valence-electron chi connectivity index (χ4n) is 1.84. The Hall–Kier alpha value is -1.22. The molecule has 2 rings (SSSR count). The summed E-state index contributed by atoms with van der Waals surface area (Å²) in [5, 5.41) is 13.0. The van der Waals surface area contributed by atoms with Crippen molar-refractivity contribution in [3.05, 3.63) is 23.8 Å². The van der Waals surface area contributed by atoms with Gasteiger partial charge in [0.2, 0.25) is 0 Å². The lowest BCUT2D eigenvalue weighted by molar-refractivity contribution is 0.317. The highest BCUT2D eigenvalue weighted by atomic mass is 16.5. The second kappa shape index (κ2) is 4.96. The summed E-state index contributed by atoms with van der Waals surface area (Å²) in [6.45, 7) is 6.69. The van der Waals surface area contributed by atoms with Crippen LogP contribution in [0.3, 0.4) is 0 Å². The Labute approximate surface area is 103 Å². The zero-order chi connectivity index (χ0) is 12.3. The summed E-state index contributed by atoms with van der Waals surface area (Å²) in [5.41, 5.74) is 1.68. The van der Waals surface area contributed by atoms with Crippen LogP contribution >= 0.6 is 0 Å². The van der Waals surface area contributed by atoms with Gasteiger partial charge in [-0.05, 0) is 42.9 Å². The maximum absolute atomic E-state index is 9.59. The molecular weight excluding hydrogens is 214 g/mol.